The van der Waals surface area contributed by atoms with Crippen LogP contribution in [0.15, 0.2) is 24.3 Å². The summed E-state index contributed by atoms with van der Waals surface area (Å²) >= 11 is 7.53. The third-order valence-electron chi connectivity index (χ3n) is 7.43. The van der Waals surface area contributed by atoms with E-state index in [-0.39, 0.29) is 29.8 Å². The van der Waals surface area contributed by atoms with Gasteiger partial charge in [-0.2, -0.15) is 0 Å². The van der Waals surface area contributed by atoms with Crippen molar-refractivity contribution in [1.82, 2.24) is 25.5 Å². The molecule has 4 N–H and O–H groups in total. The van der Waals surface area contributed by atoms with E-state index < -0.39 is 5.60 Å². The summed E-state index contributed by atoms with van der Waals surface area (Å²) in [6.45, 7) is 5.34. The van der Waals surface area contributed by atoms with Gasteiger partial charge in [-0.1, -0.05) is 11.6 Å². The van der Waals surface area contributed by atoms with Crippen LogP contribution in [0.25, 0.3) is 10.9 Å². The Balaban J connectivity index is 1.33. The average molecular weight is 530 g/mol. The number of nitrogens with zero attached hydrogens (tertiary/aromatic N) is 2. The van der Waals surface area contributed by atoms with Gasteiger partial charge < -0.3 is 25.6 Å². The van der Waals surface area contributed by atoms with Gasteiger partial charge in [0, 0.05) is 52.4 Å². The number of halogens is 1. The quantitative estimate of drug-likeness (QED) is 0.402. The molecule has 0 spiro atoms. The Morgan fingerprint density at radius 2 is 1.97 bits per heavy atom. The summed E-state index contributed by atoms with van der Waals surface area (Å²) in [5, 5.41) is 18.9. The topological polar surface area (TPSA) is 110 Å². The predicted molar refractivity (Wildman–Crippen MR) is 142 cm³/mol. The summed E-state index contributed by atoms with van der Waals surface area (Å²) in [6, 6.07) is 6.62. The second-order valence-corrected chi connectivity index (χ2v) is 12.1. The molecule has 3 aromatic rings. The Morgan fingerprint density at radius 3 is 2.75 bits per heavy atom. The lowest BCUT2D eigenvalue weighted by Crippen LogP contribution is -2.56. The third kappa shape index (κ3) is 5.29. The first kappa shape index (κ1) is 25.2. The molecule has 192 valence electrons. The lowest BCUT2D eigenvalue weighted by Gasteiger charge is -2.41. The van der Waals surface area contributed by atoms with Crippen LogP contribution in [-0.4, -0.2) is 63.1 Å². The highest BCUT2D eigenvalue weighted by Crippen LogP contribution is 2.34. The van der Waals surface area contributed by atoms with E-state index in [9.17, 15) is 14.7 Å². The fraction of sp³-hybridized carbons (Fsp3) is 0.500. The summed E-state index contributed by atoms with van der Waals surface area (Å²) in [4.78, 5) is 37.5. The maximum atomic E-state index is 13.2. The number of thiazole rings is 1. The van der Waals surface area contributed by atoms with Crippen molar-refractivity contribution >= 4 is 45.7 Å². The van der Waals surface area contributed by atoms with Crippen molar-refractivity contribution in [3.05, 3.63) is 50.6 Å². The maximum absolute atomic E-state index is 13.2. The minimum atomic E-state index is -0.876. The molecule has 8 nitrogen and oxygen atoms in total. The van der Waals surface area contributed by atoms with Gasteiger partial charge in [-0.3, -0.25) is 9.59 Å². The Morgan fingerprint density at radius 1 is 1.19 bits per heavy atom. The number of likely N-dealkylation sites (N-methyl/N-ethyl adjacent to an activating group) is 1. The Kier molecular flexibility index (Phi) is 6.84. The van der Waals surface area contributed by atoms with Gasteiger partial charge in [0.2, 0.25) is 0 Å². The van der Waals surface area contributed by atoms with Gasteiger partial charge in [-0.05, 0) is 70.3 Å². The third-order valence-corrected chi connectivity index (χ3v) is 8.74. The van der Waals surface area contributed by atoms with Crippen LogP contribution in [0.1, 0.15) is 64.0 Å². The molecule has 2 unspecified atom stereocenters. The number of rotatable bonds is 5. The lowest BCUT2D eigenvalue weighted by atomic mass is 9.74. The molecule has 1 saturated carbocycles. The number of nitrogens with one attached hydrogen (secondary N) is 3. The van der Waals surface area contributed by atoms with Crippen molar-refractivity contribution in [1.29, 1.82) is 0 Å². The van der Waals surface area contributed by atoms with Crippen molar-refractivity contribution in [2.24, 2.45) is 5.92 Å². The summed E-state index contributed by atoms with van der Waals surface area (Å²) in [7, 11) is 2.07. The van der Waals surface area contributed by atoms with Crippen molar-refractivity contribution in [2.45, 2.75) is 63.8 Å². The normalized spacial score (nSPS) is 22.9. The highest BCUT2D eigenvalue weighted by atomic mass is 35.5. The first-order valence-electron chi connectivity index (χ1n) is 12.4. The summed E-state index contributed by atoms with van der Waals surface area (Å²) < 4.78 is 0. The largest absolute Gasteiger partial charge is 0.390 e. The molecule has 0 saturated heterocycles. The van der Waals surface area contributed by atoms with Crippen LogP contribution in [0.4, 0.5) is 0 Å². The van der Waals surface area contributed by atoms with E-state index in [1.807, 2.05) is 12.1 Å². The zero-order valence-electron chi connectivity index (χ0n) is 20.7. The monoisotopic (exact) mass is 529 g/mol. The van der Waals surface area contributed by atoms with Crippen LogP contribution in [0.5, 0.6) is 0 Å². The smallest absolute Gasteiger partial charge is 0.280 e. The number of carbonyl (C=O) groups excluding carboxylic acids is 2. The van der Waals surface area contributed by atoms with E-state index >= 15 is 0 Å². The van der Waals surface area contributed by atoms with Crippen molar-refractivity contribution in [2.75, 3.05) is 13.6 Å². The van der Waals surface area contributed by atoms with E-state index in [0.717, 1.165) is 47.4 Å². The number of fused-ring (bicyclic) bond motifs is 2. The first-order chi connectivity index (χ1) is 17.1. The average Bonchev–Trinajstić information content (AvgIpc) is 3.43. The molecule has 1 fully saturated rings. The summed E-state index contributed by atoms with van der Waals surface area (Å²) in [5.41, 5.74) is 1.40. The highest BCUT2D eigenvalue weighted by molar-refractivity contribution is 7.13. The van der Waals surface area contributed by atoms with Crippen LogP contribution < -0.4 is 10.6 Å². The molecule has 1 aromatic carbocycles. The molecule has 0 radical (unpaired) electrons. The Labute approximate surface area is 219 Å². The van der Waals surface area contributed by atoms with Crippen LogP contribution >= 0.6 is 22.9 Å². The number of H-pyrrole nitrogens is 1. The number of amides is 2. The van der Waals surface area contributed by atoms with E-state index in [2.05, 4.69) is 32.5 Å². The van der Waals surface area contributed by atoms with E-state index in [1.54, 1.807) is 26.0 Å². The minimum absolute atomic E-state index is 0.00400. The van der Waals surface area contributed by atoms with Crippen LogP contribution in [-0.2, 0) is 13.0 Å². The van der Waals surface area contributed by atoms with Gasteiger partial charge in [0.25, 0.3) is 11.8 Å². The number of hydrogen-bond acceptors (Lipinski definition) is 6. The summed E-state index contributed by atoms with van der Waals surface area (Å²) in [6.07, 6.45) is 2.81. The number of aromatic amines is 1. The van der Waals surface area contributed by atoms with Crippen molar-refractivity contribution in [3.63, 3.8) is 0 Å². The number of hydrogen-bond donors (Lipinski definition) is 4. The van der Waals surface area contributed by atoms with Crippen LogP contribution in [0, 0.1) is 5.92 Å². The fourth-order valence-electron chi connectivity index (χ4n) is 5.27. The minimum Gasteiger partial charge on any atom is -0.390 e. The molecule has 2 aliphatic rings. The molecule has 1 aliphatic heterocycles. The molecule has 2 aromatic heterocycles. The van der Waals surface area contributed by atoms with E-state index in [1.165, 1.54) is 11.3 Å². The fourth-order valence-corrected chi connectivity index (χ4v) is 6.54. The molecular weight excluding hydrogens is 498 g/mol. The SMILES string of the molecule is CN1CCc2nc(C(=O)NC3C[C@H](C(C)(C)O)CCC3NC(=O)c3cc4cc(Cl)ccc4[nH]3)sc2C1. The summed E-state index contributed by atoms with van der Waals surface area (Å²) in [5.74, 6) is -0.455. The van der Waals surface area contributed by atoms with Gasteiger partial charge in [0.1, 0.15) is 5.69 Å². The van der Waals surface area contributed by atoms with Crippen LogP contribution in [0.2, 0.25) is 5.02 Å². The number of aliphatic hydroxyl groups is 1. The second kappa shape index (κ2) is 9.78. The molecule has 0 bridgehead atoms. The maximum Gasteiger partial charge on any atom is 0.280 e. The van der Waals surface area contributed by atoms with E-state index in [4.69, 9.17) is 11.6 Å². The van der Waals surface area contributed by atoms with E-state index in [0.29, 0.717) is 28.6 Å². The van der Waals surface area contributed by atoms with Crippen LogP contribution in [0.3, 0.4) is 0 Å². The number of benzene rings is 1. The highest BCUT2D eigenvalue weighted by Gasteiger charge is 2.39. The van der Waals surface area contributed by atoms with Crippen molar-refractivity contribution < 1.29 is 14.7 Å². The molecule has 1 aliphatic carbocycles. The molecule has 3 heterocycles. The second-order valence-electron chi connectivity index (χ2n) is 10.6. The molecule has 10 heteroatoms. The molecule has 2 amide bonds. The van der Waals surface area contributed by atoms with Gasteiger partial charge in [0.15, 0.2) is 5.01 Å². The molecular formula is C26H32ClN5O3S. The van der Waals surface area contributed by atoms with Gasteiger partial charge >= 0.3 is 0 Å². The number of aromatic nitrogens is 2. The van der Waals surface area contributed by atoms with Gasteiger partial charge in [0.05, 0.1) is 11.3 Å². The zero-order chi connectivity index (χ0) is 25.6. The standard InChI is InChI=1S/C26H32ClN5O3S/c1-26(2,35)15-4-6-18(29-23(33)21-11-14-10-16(27)5-7-17(14)28-21)20(12-15)30-24(34)25-31-19-8-9-32(3)13-22(19)36-25/h5,7,10-11,15,18,20,28,35H,4,6,8-9,12-13H2,1-3H3,(H,29,33)(H,30,34)/t15-,18?,20?/m1/s1. The predicted octanol–water partition coefficient (Wildman–Crippen LogP) is 3.73. The first-order valence-corrected chi connectivity index (χ1v) is 13.6. The Hall–Kier alpha value is -2.46. The zero-order valence-corrected chi connectivity index (χ0v) is 22.3. The van der Waals surface area contributed by atoms with Gasteiger partial charge in [-0.15, -0.1) is 11.3 Å². The Bertz CT molecular complexity index is 1300. The van der Waals surface area contributed by atoms with Crippen molar-refractivity contribution in [3.8, 4) is 0 Å². The van der Waals surface area contributed by atoms with Gasteiger partial charge in [-0.25, -0.2) is 4.98 Å². The number of carbonyl (C=O) groups is 2. The molecule has 36 heavy (non-hydrogen) atoms. The molecule has 3 atom stereocenters. The molecule has 5 rings (SSSR count). The lowest BCUT2D eigenvalue weighted by molar-refractivity contribution is -0.00937.